The first-order chi connectivity index (χ1) is 13.7. The number of thiophene rings is 1. The van der Waals surface area contributed by atoms with Crippen LogP contribution in [0, 0.1) is 0 Å². The third kappa shape index (κ3) is 5.86. The molecule has 0 radical (unpaired) electrons. The second-order valence-corrected chi connectivity index (χ2v) is 8.27. The number of hydrogen-bond acceptors (Lipinski definition) is 5. The number of rotatable bonds is 8. The minimum absolute atomic E-state index is 0.108. The predicted octanol–water partition coefficient (Wildman–Crippen LogP) is 5.21. The van der Waals surface area contributed by atoms with E-state index in [0.717, 1.165) is 16.2 Å². The fourth-order valence-electron chi connectivity index (χ4n) is 2.41. The molecule has 144 valence electrons. The lowest BCUT2D eigenvalue weighted by Gasteiger charge is -2.07. The minimum atomic E-state index is -0.323. The molecule has 0 aliphatic carbocycles. The molecule has 4 nitrogen and oxygen atoms in total. The zero-order chi connectivity index (χ0) is 19.8. The number of halogens is 1. The topological polar surface area (TPSA) is 50.7 Å². The van der Waals surface area contributed by atoms with E-state index in [9.17, 15) is 4.79 Å². The van der Waals surface area contributed by atoms with Crippen molar-refractivity contribution in [3.63, 3.8) is 0 Å². The van der Waals surface area contributed by atoms with Crippen molar-refractivity contribution in [3.05, 3.63) is 87.1 Å². The van der Waals surface area contributed by atoms with Crippen LogP contribution in [0.15, 0.2) is 71.8 Å². The van der Waals surface area contributed by atoms with Crippen LogP contribution in [0.5, 0.6) is 5.75 Å². The molecule has 0 spiro atoms. The summed E-state index contributed by atoms with van der Waals surface area (Å²) in [6.45, 7) is -0.108. The average molecular weight is 431 g/mol. The van der Waals surface area contributed by atoms with Crippen molar-refractivity contribution in [2.75, 3.05) is 12.9 Å². The van der Waals surface area contributed by atoms with E-state index in [2.05, 4.69) is 22.8 Å². The van der Waals surface area contributed by atoms with E-state index in [-0.39, 0.29) is 12.5 Å². The van der Waals surface area contributed by atoms with Crippen LogP contribution in [0.2, 0.25) is 5.02 Å². The normalized spacial score (nSPS) is 11.3. The molecule has 7 heteroatoms. The van der Waals surface area contributed by atoms with E-state index in [0.29, 0.717) is 16.5 Å². The number of nitrogens with zero attached hydrogens (tertiary/aromatic N) is 1. The summed E-state index contributed by atoms with van der Waals surface area (Å²) < 4.78 is 5.46. The standard InChI is InChI=1S/C21H19ClN2O2S2/c1-27-14-18-11-12-19(28-18)21(15-7-9-16(22)10-8-15)24-23-20(25)13-26-17-5-3-2-4-6-17/h2-12H,13-14H2,1H3,(H,23,25). The van der Waals surface area contributed by atoms with Gasteiger partial charge in [0.1, 0.15) is 11.5 Å². The zero-order valence-corrected chi connectivity index (χ0v) is 17.6. The Bertz CT molecular complexity index is 941. The van der Waals surface area contributed by atoms with E-state index >= 15 is 0 Å². The molecule has 0 atom stereocenters. The van der Waals surface area contributed by atoms with Gasteiger partial charge >= 0.3 is 0 Å². The zero-order valence-electron chi connectivity index (χ0n) is 15.2. The molecule has 3 aromatic rings. The lowest BCUT2D eigenvalue weighted by molar-refractivity contribution is -0.123. The summed E-state index contributed by atoms with van der Waals surface area (Å²) in [4.78, 5) is 14.4. The Morgan fingerprint density at radius 3 is 2.57 bits per heavy atom. The van der Waals surface area contributed by atoms with Crippen LogP contribution in [-0.4, -0.2) is 24.5 Å². The van der Waals surface area contributed by atoms with Crippen LogP contribution in [-0.2, 0) is 10.5 Å². The van der Waals surface area contributed by atoms with Crippen LogP contribution in [0.1, 0.15) is 15.3 Å². The summed E-state index contributed by atoms with van der Waals surface area (Å²) >= 11 is 9.43. The summed E-state index contributed by atoms with van der Waals surface area (Å²) in [5.74, 6) is 1.26. The number of ether oxygens (including phenoxy) is 1. The summed E-state index contributed by atoms with van der Waals surface area (Å²) in [7, 11) is 0. The Kier molecular flexibility index (Phi) is 7.54. The van der Waals surface area contributed by atoms with E-state index < -0.39 is 0 Å². The maximum atomic E-state index is 12.2. The SMILES string of the molecule is CSCc1ccc(C(=NNC(=O)COc2ccccc2)c2ccc(Cl)cc2)s1. The molecule has 2 aromatic carbocycles. The molecule has 1 N–H and O–H groups in total. The monoisotopic (exact) mass is 430 g/mol. The highest BCUT2D eigenvalue weighted by molar-refractivity contribution is 7.97. The Balaban J connectivity index is 1.75. The smallest absolute Gasteiger partial charge is 0.277 e. The number of benzene rings is 2. The maximum absolute atomic E-state index is 12.2. The van der Waals surface area contributed by atoms with Crippen molar-refractivity contribution in [1.82, 2.24) is 5.43 Å². The highest BCUT2D eigenvalue weighted by atomic mass is 35.5. The number of para-hydroxylation sites is 1. The van der Waals surface area contributed by atoms with Crippen molar-refractivity contribution < 1.29 is 9.53 Å². The van der Waals surface area contributed by atoms with Gasteiger partial charge in [0.05, 0.1) is 4.88 Å². The van der Waals surface area contributed by atoms with Gasteiger partial charge in [-0.15, -0.1) is 11.3 Å². The lowest BCUT2D eigenvalue weighted by Crippen LogP contribution is -2.26. The van der Waals surface area contributed by atoms with Gasteiger partial charge < -0.3 is 4.74 Å². The van der Waals surface area contributed by atoms with Gasteiger partial charge in [-0.3, -0.25) is 4.79 Å². The number of amides is 1. The molecular weight excluding hydrogens is 412 g/mol. The number of nitrogens with one attached hydrogen (secondary N) is 1. The molecule has 0 bridgehead atoms. The summed E-state index contributed by atoms with van der Waals surface area (Å²) in [6, 6.07) is 20.7. The molecule has 0 fully saturated rings. The number of hydrazone groups is 1. The molecule has 0 saturated heterocycles. The summed E-state index contributed by atoms with van der Waals surface area (Å²) in [6.07, 6.45) is 2.07. The molecule has 1 aromatic heterocycles. The van der Waals surface area contributed by atoms with Crippen LogP contribution in [0.4, 0.5) is 0 Å². The summed E-state index contributed by atoms with van der Waals surface area (Å²) in [5, 5.41) is 5.03. The molecule has 0 unspecified atom stereocenters. The van der Waals surface area contributed by atoms with Gasteiger partial charge in [-0.25, -0.2) is 5.43 Å². The molecule has 28 heavy (non-hydrogen) atoms. The third-order valence-electron chi connectivity index (χ3n) is 3.70. The van der Waals surface area contributed by atoms with Crippen LogP contribution in [0.25, 0.3) is 0 Å². The van der Waals surface area contributed by atoms with Gasteiger partial charge in [0.25, 0.3) is 5.91 Å². The summed E-state index contributed by atoms with van der Waals surface area (Å²) in [5.41, 5.74) is 4.18. The highest BCUT2D eigenvalue weighted by Gasteiger charge is 2.12. The van der Waals surface area contributed by atoms with Gasteiger partial charge in [0.15, 0.2) is 6.61 Å². The van der Waals surface area contributed by atoms with Crippen molar-refractivity contribution in [2.24, 2.45) is 5.10 Å². The Morgan fingerprint density at radius 2 is 1.86 bits per heavy atom. The Morgan fingerprint density at radius 1 is 1.11 bits per heavy atom. The van der Waals surface area contributed by atoms with Crippen molar-refractivity contribution in [3.8, 4) is 5.75 Å². The Labute approximate surface area is 177 Å². The van der Waals surface area contributed by atoms with Crippen LogP contribution in [0.3, 0.4) is 0 Å². The third-order valence-corrected chi connectivity index (χ3v) is 5.83. The number of carbonyl (C=O) groups is 1. The minimum Gasteiger partial charge on any atom is -0.484 e. The second-order valence-electron chi connectivity index (χ2n) is 5.80. The molecular formula is C21H19ClN2O2S2. The molecule has 1 heterocycles. The number of thioether (sulfide) groups is 1. The van der Waals surface area contributed by atoms with Crippen molar-refractivity contribution >= 4 is 46.3 Å². The Hall–Kier alpha value is -2.28. The maximum Gasteiger partial charge on any atom is 0.277 e. The van der Waals surface area contributed by atoms with Crippen LogP contribution >= 0.6 is 34.7 Å². The van der Waals surface area contributed by atoms with E-state index in [1.165, 1.54) is 4.88 Å². The van der Waals surface area contributed by atoms with Gasteiger partial charge in [-0.2, -0.15) is 16.9 Å². The fourth-order valence-corrected chi connectivity index (χ4v) is 4.32. The fraction of sp³-hybridized carbons (Fsp3) is 0.143. The largest absolute Gasteiger partial charge is 0.484 e. The van der Waals surface area contributed by atoms with Crippen molar-refractivity contribution in [2.45, 2.75) is 5.75 Å². The van der Waals surface area contributed by atoms with Gasteiger partial charge in [0, 0.05) is 21.2 Å². The lowest BCUT2D eigenvalue weighted by atomic mass is 10.1. The molecule has 0 aliphatic heterocycles. The van der Waals surface area contributed by atoms with Gasteiger partial charge in [0.2, 0.25) is 0 Å². The first-order valence-electron chi connectivity index (χ1n) is 8.54. The van der Waals surface area contributed by atoms with Crippen molar-refractivity contribution in [1.29, 1.82) is 0 Å². The van der Waals surface area contributed by atoms with Gasteiger partial charge in [-0.05, 0) is 42.7 Å². The highest BCUT2D eigenvalue weighted by Crippen LogP contribution is 2.24. The van der Waals surface area contributed by atoms with E-state index in [1.807, 2.05) is 48.5 Å². The second kappa shape index (κ2) is 10.3. The first-order valence-corrected chi connectivity index (χ1v) is 11.1. The first kappa shape index (κ1) is 20.5. The number of carbonyl (C=O) groups excluding carboxylic acids is 1. The van der Waals surface area contributed by atoms with Gasteiger partial charge in [-0.1, -0.05) is 41.9 Å². The molecule has 1 amide bonds. The molecule has 0 saturated carbocycles. The quantitative estimate of drug-likeness (QED) is 0.394. The van der Waals surface area contributed by atoms with E-state index in [4.69, 9.17) is 16.3 Å². The van der Waals surface area contributed by atoms with E-state index in [1.54, 1.807) is 35.2 Å². The molecule has 0 aliphatic rings. The molecule has 3 rings (SSSR count). The average Bonchev–Trinajstić information content (AvgIpc) is 3.17. The number of hydrogen-bond donors (Lipinski definition) is 1. The predicted molar refractivity (Wildman–Crippen MR) is 119 cm³/mol. The van der Waals surface area contributed by atoms with Crippen LogP contribution < -0.4 is 10.2 Å².